The van der Waals surface area contributed by atoms with E-state index in [0.717, 1.165) is 38.5 Å². The molecule has 0 spiro atoms. The van der Waals surface area contributed by atoms with E-state index in [0.29, 0.717) is 17.8 Å². The summed E-state index contributed by atoms with van der Waals surface area (Å²) in [7, 11) is -5.98. The summed E-state index contributed by atoms with van der Waals surface area (Å²) in [5, 5.41) is 4.55. The molecular formula is C16H22F2O8S. The van der Waals surface area contributed by atoms with Gasteiger partial charge in [-0.05, 0) is 56.3 Å². The zero-order valence-corrected chi connectivity index (χ0v) is 15.3. The maximum Gasteiger partial charge on any atom is 0.465 e. The van der Waals surface area contributed by atoms with Gasteiger partial charge in [-0.1, -0.05) is 0 Å². The van der Waals surface area contributed by atoms with Crippen molar-refractivity contribution >= 4 is 22.1 Å². The highest BCUT2D eigenvalue weighted by molar-refractivity contribution is 7.87. The molecule has 154 valence electrons. The molecule has 2 N–H and O–H groups in total. The molecule has 4 saturated carbocycles. The van der Waals surface area contributed by atoms with Gasteiger partial charge in [0.05, 0.1) is 5.41 Å². The molecule has 1 atom stereocenters. The fourth-order valence-electron chi connectivity index (χ4n) is 5.09. The second-order valence-electron chi connectivity index (χ2n) is 8.04. The lowest BCUT2D eigenvalue weighted by molar-refractivity contribution is -0.177. The van der Waals surface area contributed by atoms with Crippen molar-refractivity contribution in [2.45, 2.75) is 49.9 Å². The standard InChI is InChI=1S/C16H22F2O8S/c17-16(18,27(22,23)24)14(21)26-8-12(19)7-25-13(20)15-4-9-1-10(5-15)3-11(2-9)6-15/h9-12,19H,1-8H2,(H,22,23,24). The Balaban J connectivity index is 1.48. The summed E-state index contributed by atoms with van der Waals surface area (Å²) in [5.41, 5.74) is -0.552. The summed E-state index contributed by atoms with van der Waals surface area (Å²) in [6.45, 7) is -1.57. The first-order valence-electron chi connectivity index (χ1n) is 8.80. The monoisotopic (exact) mass is 412 g/mol. The van der Waals surface area contributed by atoms with Crippen LogP contribution in [0.15, 0.2) is 0 Å². The van der Waals surface area contributed by atoms with Crippen LogP contribution in [-0.2, 0) is 29.2 Å². The normalized spacial score (nSPS) is 33.6. The van der Waals surface area contributed by atoms with E-state index in [1.807, 2.05) is 0 Å². The van der Waals surface area contributed by atoms with Crippen LogP contribution in [0.3, 0.4) is 0 Å². The minimum Gasteiger partial charge on any atom is -0.462 e. The molecule has 4 rings (SSSR count). The first-order valence-corrected chi connectivity index (χ1v) is 10.2. The van der Waals surface area contributed by atoms with E-state index in [-0.39, 0.29) is 0 Å². The predicted octanol–water partition coefficient (Wildman–Crippen LogP) is 1.13. The Labute approximate surface area is 154 Å². The summed E-state index contributed by atoms with van der Waals surface area (Å²) in [5.74, 6) is -1.42. The third-order valence-corrected chi connectivity index (χ3v) is 6.66. The molecule has 11 heteroatoms. The van der Waals surface area contributed by atoms with Gasteiger partial charge in [0, 0.05) is 0 Å². The van der Waals surface area contributed by atoms with Gasteiger partial charge < -0.3 is 14.6 Å². The molecule has 1 unspecified atom stereocenters. The van der Waals surface area contributed by atoms with Gasteiger partial charge in [-0.15, -0.1) is 0 Å². The first-order chi connectivity index (χ1) is 12.4. The van der Waals surface area contributed by atoms with Crippen molar-refractivity contribution in [1.29, 1.82) is 0 Å². The fourth-order valence-corrected chi connectivity index (χ4v) is 5.36. The number of esters is 2. The summed E-state index contributed by atoms with van der Waals surface area (Å²) in [6, 6.07) is 0. The van der Waals surface area contributed by atoms with Crippen LogP contribution >= 0.6 is 0 Å². The highest BCUT2D eigenvalue weighted by atomic mass is 32.2. The molecule has 0 heterocycles. The van der Waals surface area contributed by atoms with Gasteiger partial charge in [0.15, 0.2) is 0 Å². The van der Waals surface area contributed by atoms with Crippen molar-refractivity contribution in [2.75, 3.05) is 13.2 Å². The van der Waals surface area contributed by atoms with Crippen molar-refractivity contribution in [1.82, 2.24) is 0 Å². The van der Waals surface area contributed by atoms with Gasteiger partial charge in [0.1, 0.15) is 19.3 Å². The average molecular weight is 412 g/mol. The number of alkyl halides is 2. The molecule has 27 heavy (non-hydrogen) atoms. The minimum atomic E-state index is -5.98. The quantitative estimate of drug-likeness (QED) is 0.471. The number of aliphatic hydroxyl groups excluding tert-OH is 1. The Morgan fingerprint density at radius 3 is 1.93 bits per heavy atom. The van der Waals surface area contributed by atoms with Gasteiger partial charge in [0.2, 0.25) is 0 Å². The zero-order valence-electron chi connectivity index (χ0n) is 14.5. The fraction of sp³-hybridized carbons (Fsp3) is 0.875. The van der Waals surface area contributed by atoms with E-state index in [1.165, 1.54) is 0 Å². The van der Waals surface area contributed by atoms with Crippen LogP contribution in [0.5, 0.6) is 0 Å². The Morgan fingerprint density at radius 1 is 1.04 bits per heavy atom. The second-order valence-corrected chi connectivity index (χ2v) is 9.50. The third-order valence-electron chi connectivity index (χ3n) is 5.85. The number of carbonyl (C=O) groups excluding carboxylic acids is 2. The van der Waals surface area contributed by atoms with Crippen molar-refractivity contribution in [2.24, 2.45) is 23.2 Å². The van der Waals surface area contributed by atoms with E-state index < -0.39 is 52.0 Å². The van der Waals surface area contributed by atoms with Crippen molar-refractivity contribution < 1.29 is 45.9 Å². The molecule has 0 aromatic heterocycles. The number of halogens is 2. The van der Waals surface area contributed by atoms with Crippen LogP contribution in [0.4, 0.5) is 8.78 Å². The molecule has 4 aliphatic carbocycles. The van der Waals surface area contributed by atoms with Gasteiger partial charge in [-0.2, -0.15) is 17.2 Å². The number of ether oxygens (including phenoxy) is 2. The maximum absolute atomic E-state index is 13.0. The summed E-state index contributed by atoms with van der Waals surface area (Å²) in [4.78, 5) is 23.6. The van der Waals surface area contributed by atoms with Gasteiger partial charge in [0.25, 0.3) is 0 Å². The Hall–Kier alpha value is -1.33. The highest BCUT2D eigenvalue weighted by Gasteiger charge is 2.56. The van der Waals surface area contributed by atoms with Gasteiger partial charge >= 0.3 is 27.3 Å². The molecule has 0 aliphatic heterocycles. The number of hydrogen-bond donors (Lipinski definition) is 2. The van der Waals surface area contributed by atoms with Crippen LogP contribution in [0, 0.1) is 23.2 Å². The van der Waals surface area contributed by atoms with Crippen LogP contribution in [0.25, 0.3) is 0 Å². The van der Waals surface area contributed by atoms with E-state index >= 15 is 0 Å². The minimum absolute atomic E-state index is 0.435. The van der Waals surface area contributed by atoms with Crippen LogP contribution < -0.4 is 0 Å². The molecule has 0 amide bonds. The third kappa shape index (κ3) is 3.95. The zero-order chi connectivity index (χ0) is 20.0. The Kier molecular flexibility index (Phi) is 5.23. The van der Waals surface area contributed by atoms with E-state index in [9.17, 15) is 31.9 Å². The largest absolute Gasteiger partial charge is 0.465 e. The van der Waals surface area contributed by atoms with Gasteiger partial charge in [-0.25, -0.2) is 4.79 Å². The molecule has 0 aromatic carbocycles. The van der Waals surface area contributed by atoms with Crippen molar-refractivity contribution in [3.63, 3.8) is 0 Å². The Bertz CT molecular complexity index is 685. The number of aliphatic hydroxyl groups is 1. The second kappa shape index (κ2) is 6.93. The van der Waals surface area contributed by atoms with Gasteiger partial charge in [-0.3, -0.25) is 9.35 Å². The molecule has 4 fully saturated rings. The predicted molar refractivity (Wildman–Crippen MR) is 85.0 cm³/mol. The molecule has 8 nitrogen and oxygen atoms in total. The lowest BCUT2D eigenvalue weighted by Gasteiger charge is -2.55. The maximum atomic E-state index is 13.0. The van der Waals surface area contributed by atoms with Crippen LogP contribution in [0.1, 0.15) is 38.5 Å². The van der Waals surface area contributed by atoms with E-state index in [1.54, 1.807) is 0 Å². The number of rotatable bonds is 7. The molecule has 0 aromatic rings. The molecule has 4 aliphatic rings. The average Bonchev–Trinajstić information content (AvgIpc) is 2.55. The lowest BCUT2D eigenvalue weighted by Crippen LogP contribution is -2.51. The highest BCUT2D eigenvalue weighted by Crippen LogP contribution is 2.60. The SMILES string of the molecule is O=C(OCC(O)COC(=O)C(F)(F)S(=O)(=O)O)C12CC3CC(CC(C3)C1)C2. The summed E-state index contributed by atoms with van der Waals surface area (Å²) >= 11 is 0. The van der Waals surface area contributed by atoms with E-state index in [4.69, 9.17) is 9.29 Å². The summed E-state index contributed by atoms with van der Waals surface area (Å²) in [6.07, 6.45) is 4.06. The molecular weight excluding hydrogens is 390 g/mol. The molecule has 0 radical (unpaired) electrons. The molecule has 0 saturated heterocycles. The molecule has 4 bridgehead atoms. The smallest absolute Gasteiger partial charge is 0.462 e. The van der Waals surface area contributed by atoms with Crippen molar-refractivity contribution in [3.8, 4) is 0 Å². The topological polar surface area (TPSA) is 127 Å². The van der Waals surface area contributed by atoms with Crippen LogP contribution in [0.2, 0.25) is 0 Å². The number of hydrogen-bond acceptors (Lipinski definition) is 7. The van der Waals surface area contributed by atoms with E-state index in [2.05, 4.69) is 4.74 Å². The van der Waals surface area contributed by atoms with Crippen molar-refractivity contribution in [3.05, 3.63) is 0 Å². The van der Waals surface area contributed by atoms with Crippen LogP contribution in [-0.4, -0.2) is 54.6 Å². The number of carbonyl (C=O) groups is 2. The first kappa shape index (κ1) is 20.4. The Morgan fingerprint density at radius 2 is 1.48 bits per heavy atom. The lowest BCUT2D eigenvalue weighted by atomic mass is 9.49. The summed E-state index contributed by atoms with van der Waals surface area (Å²) < 4.78 is 64.4.